The highest BCUT2D eigenvalue weighted by molar-refractivity contribution is 5.21. The molecule has 0 aliphatic carbocycles. The number of aromatic nitrogens is 2. The minimum absolute atomic E-state index is 0.0766. The number of aryl methyl sites for hydroxylation is 1. The molecule has 0 radical (unpaired) electrons. The van der Waals surface area contributed by atoms with Gasteiger partial charge < -0.3 is 9.64 Å². The van der Waals surface area contributed by atoms with Crippen molar-refractivity contribution in [2.45, 2.75) is 64.4 Å². The topological polar surface area (TPSA) is 41.2 Å². The average Bonchev–Trinajstić information content (AvgIpc) is 2.95. The standard InChI is InChI=1S/C18H31N3O/c1-4-15-12-19-20-17(15)16-5-8-21(9-6-16)13-14-7-10-22-18(2,3)11-14/h12,14,16H,4-11,13H2,1-3H3,(H,19,20)/t14-/m0/s1. The van der Waals surface area contributed by atoms with Crippen LogP contribution in [0.25, 0.3) is 0 Å². The third kappa shape index (κ3) is 3.72. The molecule has 0 unspecified atom stereocenters. The van der Waals surface area contributed by atoms with E-state index in [0.717, 1.165) is 18.9 Å². The van der Waals surface area contributed by atoms with Gasteiger partial charge in [0, 0.05) is 24.8 Å². The molecule has 0 amide bonds. The minimum atomic E-state index is 0.0766. The van der Waals surface area contributed by atoms with E-state index in [1.165, 1.54) is 56.6 Å². The molecule has 1 aromatic rings. The molecule has 4 nitrogen and oxygen atoms in total. The van der Waals surface area contributed by atoms with E-state index >= 15 is 0 Å². The van der Waals surface area contributed by atoms with Crippen LogP contribution in [0.5, 0.6) is 0 Å². The summed E-state index contributed by atoms with van der Waals surface area (Å²) in [6.45, 7) is 11.3. The molecule has 0 spiro atoms. The Kier molecular flexibility index (Phi) is 4.88. The lowest BCUT2D eigenvalue weighted by Gasteiger charge is -2.39. The van der Waals surface area contributed by atoms with Gasteiger partial charge in [-0.2, -0.15) is 5.10 Å². The number of rotatable bonds is 4. The van der Waals surface area contributed by atoms with Crippen LogP contribution in [0.15, 0.2) is 6.20 Å². The zero-order valence-corrected chi connectivity index (χ0v) is 14.4. The van der Waals surface area contributed by atoms with Crippen molar-refractivity contribution in [3.05, 3.63) is 17.5 Å². The van der Waals surface area contributed by atoms with E-state index in [2.05, 4.69) is 35.9 Å². The van der Waals surface area contributed by atoms with Gasteiger partial charge in [-0.3, -0.25) is 5.10 Å². The molecule has 1 N–H and O–H groups in total. The Bertz CT molecular complexity index is 474. The number of nitrogens with zero attached hydrogens (tertiary/aromatic N) is 2. The van der Waals surface area contributed by atoms with Crippen LogP contribution in [0, 0.1) is 5.92 Å². The van der Waals surface area contributed by atoms with Crippen molar-refractivity contribution in [2.75, 3.05) is 26.2 Å². The van der Waals surface area contributed by atoms with Crippen LogP contribution in [-0.2, 0) is 11.2 Å². The smallest absolute Gasteiger partial charge is 0.0629 e. The number of likely N-dealkylation sites (tertiary alicyclic amines) is 1. The molecule has 2 aliphatic heterocycles. The van der Waals surface area contributed by atoms with Gasteiger partial charge in [0.1, 0.15) is 0 Å². The van der Waals surface area contributed by atoms with Gasteiger partial charge in [-0.05, 0) is 70.5 Å². The van der Waals surface area contributed by atoms with Gasteiger partial charge in [0.05, 0.1) is 11.8 Å². The quantitative estimate of drug-likeness (QED) is 0.927. The summed E-state index contributed by atoms with van der Waals surface area (Å²) in [5, 5.41) is 7.49. The van der Waals surface area contributed by atoms with E-state index in [4.69, 9.17) is 4.74 Å². The molecule has 3 heterocycles. The maximum absolute atomic E-state index is 5.85. The Labute approximate surface area is 134 Å². The number of ether oxygens (including phenoxy) is 1. The molecule has 1 atom stereocenters. The Hall–Kier alpha value is -0.870. The van der Waals surface area contributed by atoms with Crippen molar-refractivity contribution in [2.24, 2.45) is 5.92 Å². The molecule has 0 saturated carbocycles. The molecule has 1 aromatic heterocycles. The lowest BCUT2D eigenvalue weighted by molar-refractivity contribution is -0.0775. The summed E-state index contributed by atoms with van der Waals surface area (Å²) in [5.41, 5.74) is 2.88. The van der Waals surface area contributed by atoms with E-state index < -0.39 is 0 Å². The van der Waals surface area contributed by atoms with Gasteiger partial charge in [-0.1, -0.05) is 6.92 Å². The number of nitrogens with one attached hydrogen (secondary N) is 1. The van der Waals surface area contributed by atoms with E-state index in [0.29, 0.717) is 5.92 Å². The SMILES string of the molecule is CCc1cn[nH]c1C1CCN(C[C@H]2CCOC(C)(C)C2)CC1. The molecule has 0 aromatic carbocycles. The summed E-state index contributed by atoms with van der Waals surface area (Å²) >= 11 is 0. The summed E-state index contributed by atoms with van der Waals surface area (Å²) in [7, 11) is 0. The van der Waals surface area contributed by atoms with Crippen molar-refractivity contribution in [3.63, 3.8) is 0 Å². The zero-order valence-electron chi connectivity index (χ0n) is 14.4. The Morgan fingerprint density at radius 3 is 2.77 bits per heavy atom. The first-order chi connectivity index (χ1) is 10.6. The van der Waals surface area contributed by atoms with Crippen LogP contribution in [0.3, 0.4) is 0 Å². The molecule has 2 fully saturated rings. The van der Waals surface area contributed by atoms with Crippen molar-refractivity contribution < 1.29 is 4.74 Å². The number of aromatic amines is 1. The molecule has 2 aliphatic rings. The number of piperidine rings is 1. The molecule has 0 bridgehead atoms. The van der Waals surface area contributed by atoms with E-state index in [1.807, 2.05) is 6.20 Å². The van der Waals surface area contributed by atoms with Gasteiger partial charge in [-0.25, -0.2) is 0 Å². The van der Waals surface area contributed by atoms with Crippen molar-refractivity contribution in [3.8, 4) is 0 Å². The zero-order chi connectivity index (χ0) is 15.6. The molecule has 3 rings (SSSR count). The lowest BCUT2D eigenvalue weighted by atomic mass is 9.86. The summed E-state index contributed by atoms with van der Waals surface area (Å²) in [4.78, 5) is 2.67. The fourth-order valence-electron chi connectivity index (χ4n) is 4.24. The molecular formula is C18H31N3O. The van der Waals surface area contributed by atoms with E-state index in [-0.39, 0.29) is 5.60 Å². The number of hydrogen-bond donors (Lipinski definition) is 1. The van der Waals surface area contributed by atoms with Crippen LogP contribution >= 0.6 is 0 Å². The van der Waals surface area contributed by atoms with E-state index in [9.17, 15) is 0 Å². The highest BCUT2D eigenvalue weighted by Crippen LogP contribution is 2.32. The molecular weight excluding hydrogens is 274 g/mol. The van der Waals surface area contributed by atoms with Gasteiger partial charge in [0.2, 0.25) is 0 Å². The minimum Gasteiger partial charge on any atom is -0.376 e. The summed E-state index contributed by atoms with van der Waals surface area (Å²) in [5.74, 6) is 1.48. The maximum atomic E-state index is 5.85. The first kappa shape index (κ1) is 16.0. The summed E-state index contributed by atoms with van der Waals surface area (Å²) in [6, 6.07) is 0. The highest BCUT2D eigenvalue weighted by Gasteiger charge is 2.31. The second-order valence-electron chi connectivity index (χ2n) is 7.70. The highest BCUT2D eigenvalue weighted by atomic mass is 16.5. The van der Waals surface area contributed by atoms with Crippen molar-refractivity contribution >= 4 is 0 Å². The van der Waals surface area contributed by atoms with Crippen molar-refractivity contribution in [1.82, 2.24) is 15.1 Å². The normalized spacial score (nSPS) is 27.1. The number of H-pyrrole nitrogens is 1. The first-order valence-electron chi connectivity index (χ1n) is 8.96. The third-order valence-electron chi connectivity index (χ3n) is 5.44. The molecule has 2 saturated heterocycles. The summed E-state index contributed by atoms with van der Waals surface area (Å²) in [6.07, 6.45) is 8.05. The predicted molar refractivity (Wildman–Crippen MR) is 89.1 cm³/mol. The molecule has 4 heteroatoms. The van der Waals surface area contributed by atoms with Crippen LogP contribution in [0.1, 0.15) is 63.6 Å². The fraction of sp³-hybridized carbons (Fsp3) is 0.833. The van der Waals surface area contributed by atoms with Crippen LogP contribution in [0.4, 0.5) is 0 Å². The Balaban J connectivity index is 1.50. The van der Waals surface area contributed by atoms with Gasteiger partial charge >= 0.3 is 0 Å². The first-order valence-corrected chi connectivity index (χ1v) is 8.96. The fourth-order valence-corrected chi connectivity index (χ4v) is 4.24. The van der Waals surface area contributed by atoms with Gasteiger partial charge in [0.15, 0.2) is 0 Å². The second kappa shape index (κ2) is 6.71. The maximum Gasteiger partial charge on any atom is 0.0629 e. The summed E-state index contributed by atoms with van der Waals surface area (Å²) < 4.78 is 5.85. The molecule has 124 valence electrons. The van der Waals surface area contributed by atoms with Gasteiger partial charge in [-0.15, -0.1) is 0 Å². The Morgan fingerprint density at radius 1 is 1.32 bits per heavy atom. The predicted octanol–water partition coefficient (Wildman–Crippen LogP) is 3.36. The second-order valence-corrected chi connectivity index (χ2v) is 7.70. The largest absolute Gasteiger partial charge is 0.376 e. The Morgan fingerprint density at radius 2 is 2.09 bits per heavy atom. The van der Waals surface area contributed by atoms with Crippen LogP contribution < -0.4 is 0 Å². The monoisotopic (exact) mass is 305 g/mol. The van der Waals surface area contributed by atoms with Crippen LogP contribution in [-0.4, -0.2) is 46.9 Å². The number of hydrogen-bond acceptors (Lipinski definition) is 3. The third-order valence-corrected chi connectivity index (χ3v) is 5.44. The van der Waals surface area contributed by atoms with Gasteiger partial charge in [0.25, 0.3) is 0 Å². The van der Waals surface area contributed by atoms with Crippen LogP contribution in [0.2, 0.25) is 0 Å². The average molecular weight is 305 g/mol. The lowest BCUT2D eigenvalue weighted by Crippen LogP contribution is -2.42. The molecule has 22 heavy (non-hydrogen) atoms. The van der Waals surface area contributed by atoms with Crippen molar-refractivity contribution in [1.29, 1.82) is 0 Å². The van der Waals surface area contributed by atoms with E-state index in [1.54, 1.807) is 0 Å².